The molecule has 1 aromatic heterocycles. The van der Waals surface area contributed by atoms with E-state index in [0.717, 1.165) is 19.1 Å². The van der Waals surface area contributed by atoms with Gasteiger partial charge in [-0.15, -0.1) is 0 Å². The summed E-state index contributed by atoms with van der Waals surface area (Å²) < 4.78 is 46.5. The van der Waals surface area contributed by atoms with Gasteiger partial charge in [-0.3, -0.25) is 9.36 Å². The van der Waals surface area contributed by atoms with Crippen LogP contribution in [0.5, 0.6) is 17.2 Å². The zero-order valence-corrected chi connectivity index (χ0v) is 20.6. The van der Waals surface area contributed by atoms with Crippen molar-refractivity contribution in [1.82, 2.24) is 9.97 Å². The minimum Gasteiger partial charge on any atom is -0.491 e. The van der Waals surface area contributed by atoms with Crippen LogP contribution in [0.3, 0.4) is 0 Å². The molecule has 0 aliphatic rings. The largest absolute Gasteiger partial charge is 0.491 e. The van der Waals surface area contributed by atoms with Crippen molar-refractivity contribution in [2.24, 2.45) is 0 Å². The first-order chi connectivity index (χ1) is 15.8. The lowest BCUT2D eigenvalue weighted by Gasteiger charge is -2.14. The summed E-state index contributed by atoms with van der Waals surface area (Å²) in [6.07, 6.45) is 3.27. The average Bonchev–Trinajstić information content (AvgIpc) is 2.72. The first-order valence-electron chi connectivity index (χ1n) is 10.1. The van der Waals surface area contributed by atoms with Crippen LogP contribution in [0.25, 0.3) is 0 Å². The molecule has 3 aromatic rings. The van der Waals surface area contributed by atoms with E-state index in [1.165, 1.54) is 42.6 Å². The van der Waals surface area contributed by atoms with Crippen LogP contribution in [0.2, 0.25) is 0 Å². The normalized spacial score (nSPS) is 13.2. The molecule has 1 atom stereocenters. The van der Waals surface area contributed by atoms with E-state index in [-0.39, 0.29) is 27.8 Å². The fraction of sp³-hybridized carbons (Fsp3) is 0.227. The van der Waals surface area contributed by atoms with E-state index in [9.17, 15) is 22.7 Å². The Morgan fingerprint density at radius 2 is 1.68 bits per heavy atom. The number of carbonyl (C=O) groups is 1. The van der Waals surface area contributed by atoms with Crippen molar-refractivity contribution >= 4 is 34.4 Å². The van der Waals surface area contributed by atoms with Gasteiger partial charge in [0.25, 0.3) is 5.91 Å². The number of hydrogen-bond acceptors (Lipinski definition) is 8. The molecule has 0 aliphatic heterocycles. The number of carbonyl (C=O) groups excluding carboxylic acids is 1. The molecular formula is C22H24N3O7PS. The van der Waals surface area contributed by atoms with Crippen molar-refractivity contribution in [1.29, 1.82) is 0 Å². The average molecular weight is 505 g/mol. The summed E-state index contributed by atoms with van der Waals surface area (Å²) in [5, 5.41) is 2.57. The summed E-state index contributed by atoms with van der Waals surface area (Å²) in [6, 6.07) is 10.5. The zero-order chi connectivity index (χ0) is 25.1. The topological polar surface area (TPSA) is 145 Å². The Labute approximate surface area is 197 Å². The second-order valence-electron chi connectivity index (χ2n) is 7.80. The molecule has 12 heteroatoms. The van der Waals surface area contributed by atoms with E-state index >= 15 is 0 Å². The zero-order valence-electron chi connectivity index (χ0n) is 18.9. The number of nitrogens with zero attached hydrogens (tertiary/aromatic N) is 2. The van der Waals surface area contributed by atoms with E-state index in [0.29, 0.717) is 17.2 Å². The number of sulfone groups is 1. The first kappa shape index (κ1) is 25.4. The van der Waals surface area contributed by atoms with Gasteiger partial charge in [0, 0.05) is 24.6 Å². The van der Waals surface area contributed by atoms with Crippen LogP contribution >= 0.6 is 7.37 Å². The van der Waals surface area contributed by atoms with E-state index < -0.39 is 23.1 Å². The fourth-order valence-corrected chi connectivity index (χ4v) is 3.96. The van der Waals surface area contributed by atoms with Gasteiger partial charge in [-0.1, -0.05) is 0 Å². The smallest absolute Gasteiger partial charge is 0.257 e. The monoisotopic (exact) mass is 505 g/mol. The Hall–Kier alpha value is -3.27. The second kappa shape index (κ2) is 9.92. The maximum absolute atomic E-state index is 12.8. The van der Waals surface area contributed by atoms with E-state index in [4.69, 9.17) is 9.47 Å². The molecule has 0 bridgehead atoms. The Balaban J connectivity index is 1.86. The van der Waals surface area contributed by atoms with Crippen LogP contribution in [-0.2, 0) is 14.4 Å². The quantitative estimate of drug-likeness (QED) is 0.441. The molecule has 10 nitrogen and oxygen atoms in total. The fourth-order valence-electron chi connectivity index (χ4n) is 2.78. The summed E-state index contributed by atoms with van der Waals surface area (Å²) in [5.74, 6) is 0.617. The summed E-state index contributed by atoms with van der Waals surface area (Å²) in [5.41, 5.74) is 0.130. The Morgan fingerprint density at radius 1 is 1.03 bits per heavy atom. The van der Waals surface area contributed by atoms with Crippen LogP contribution in [0.4, 0.5) is 5.82 Å². The predicted molar refractivity (Wildman–Crippen MR) is 127 cm³/mol. The molecule has 0 fully saturated rings. The van der Waals surface area contributed by atoms with Crippen LogP contribution in [0.15, 0.2) is 59.8 Å². The van der Waals surface area contributed by atoms with E-state index in [2.05, 4.69) is 15.3 Å². The third kappa shape index (κ3) is 6.86. The predicted octanol–water partition coefficient (Wildman–Crippen LogP) is 3.24. The minimum absolute atomic E-state index is 0.0737. The summed E-state index contributed by atoms with van der Waals surface area (Å²) in [6.45, 7) is 4.82. The molecule has 1 amide bonds. The molecule has 2 N–H and O–H groups in total. The highest BCUT2D eigenvalue weighted by atomic mass is 32.2. The SMILES string of the molecule is CC(C)Oc1cc(Oc2ccc(S(C)(=O)=O)cc2)cc(C(=O)Nc2cnc(P(C)(=O)O)cn2)c1. The van der Waals surface area contributed by atoms with Gasteiger partial charge in [0.1, 0.15) is 22.7 Å². The van der Waals surface area contributed by atoms with E-state index in [1.807, 2.05) is 13.8 Å². The van der Waals surface area contributed by atoms with Gasteiger partial charge in [-0.2, -0.15) is 0 Å². The number of anilines is 1. The van der Waals surface area contributed by atoms with Crippen LogP contribution in [-0.4, -0.2) is 48.2 Å². The van der Waals surface area contributed by atoms with Crippen molar-refractivity contribution in [3.63, 3.8) is 0 Å². The number of rotatable bonds is 8. The van der Waals surface area contributed by atoms with Crippen molar-refractivity contribution in [3.05, 3.63) is 60.4 Å². The van der Waals surface area contributed by atoms with Gasteiger partial charge in [0.2, 0.25) is 7.37 Å². The van der Waals surface area contributed by atoms with E-state index in [1.54, 1.807) is 6.07 Å². The molecule has 1 unspecified atom stereocenters. The van der Waals surface area contributed by atoms with Gasteiger partial charge < -0.3 is 19.7 Å². The summed E-state index contributed by atoms with van der Waals surface area (Å²) in [7, 11) is -6.90. The lowest BCUT2D eigenvalue weighted by atomic mass is 10.2. The Morgan fingerprint density at radius 3 is 2.21 bits per heavy atom. The molecule has 1 heterocycles. The molecule has 0 spiro atoms. The molecule has 0 saturated carbocycles. The van der Waals surface area contributed by atoms with Gasteiger partial charge >= 0.3 is 0 Å². The third-order valence-electron chi connectivity index (χ3n) is 4.31. The highest BCUT2D eigenvalue weighted by molar-refractivity contribution is 7.90. The number of nitrogens with one attached hydrogen (secondary N) is 1. The number of ether oxygens (including phenoxy) is 2. The minimum atomic E-state index is -3.56. The Kier molecular flexibility index (Phi) is 7.40. The molecule has 180 valence electrons. The van der Waals surface area contributed by atoms with Crippen molar-refractivity contribution in [2.75, 3.05) is 18.2 Å². The number of benzene rings is 2. The molecule has 0 saturated heterocycles. The van der Waals surface area contributed by atoms with Crippen molar-refractivity contribution in [2.45, 2.75) is 24.8 Å². The van der Waals surface area contributed by atoms with Crippen LogP contribution in [0, 0.1) is 0 Å². The molecule has 2 aromatic carbocycles. The van der Waals surface area contributed by atoms with Gasteiger partial charge in [-0.25, -0.2) is 18.4 Å². The molecular weight excluding hydrogens is 481 g/mol. The van der Waals surface area contributed by atoms with Gasteiger partial charge in [-0.05, 0) is 50.2 Å². The molecule has 0 radical (unpaired) electrons. The van der Waals surface area contributed by atoms with Crippen molar-refractivity contribution in [3.8, 4) is 17.2 Å². The lowest BCUT2D eigenvalue weighted by molar-refractivity contribution is 0.102. The summed E-state index contributed by atoms with van der Waals surface area (Å²) >= 11 is 0. The Bertz CT molecular complexity index is 1340. The highest BCUT2D eigenvalue weighted by Gasteiger charge is 2.17. The highest BCUT2D eigenvalue weighted by Crippen LogP contribution is 2.32. The van der Waals surface area contributed by atoms with Gasteiger partial charge in [0.05, 0.1) is 23.4 Å². The molecule has 3 rings (SSSR count). The lowest BCUT2D eigenvalue weighted by Crippen LogP contribution is -2.16. The number of amides is 1. The third-order valence-corrected chi connectivity index (χ3v) is 6.52. The number of hydrogen-bond donors (Lipinski definition) is 2. The first-order valence-corrected chi connectivity index (χ1v) is 14.0. The maximum Gasteiger partial charge on any atom is 0.257 e. The maximum atomic E-state index is 12.8. The van der Waals surface area contributed by atoms with Crippen LogP contribution in [0.1, 0.15) is 24.2 Å². The standard InChI is InChI=1S/C22H24N3O7PS/c1-14(2)31-17-9-15(22(26)25-20-12-24-21(13-23-20)33(3,27)28)10-18(11-17)32-16-5-7-19(8-6-16)34(4,29)30/h5-14H,1-4H3,(H,27,28)(H,23,25,26). The van der Waals surface area contributed by atoms with Gasteiger partial charge in [0.15, 0.2) is 15.7 Å². The van der Waals surface area contributed by atoms with Crippen molar-refractivity contribution < 1.29 is 32.1 Å². The molecule has 34 heavy (non-hydrogen) atoms. The molecule has 0 aliphatic carbocycles. The number of aromatic nitrogens is 2. The summed E-state index contributed by atoms with van der Waals surface area (Å²) in [4.78, 5) is 30.4. The van der Waals surface area contributed by atoms with Crippen LogP contribution < -0.4 is 20.2 Å². The second-order valence-corrected chi connectivity index (χ2v) is 12.0.